The molecule has 3 heteroatoms. The molecule has 0 saturated heterocycles. The average Bonchev–Trinajstić information content (AvgIpc) is 2.45. The van der Waals surface area contributed by atoms with E-state index >= 15 is 0 Å². The summed E-state index contributed by atoms with van der Waals surface area (Å²) in [6.45, 7) is 7.43. The van der Waals surface area contributed by atoms with Gasteiger partial charge in [-0.25, -0.2) is 0 Å². The van der Waals surface area contributed by atoms with Crippen molar-refractivity contribution in [3.05, 3.63) is 72.3 Å². The van der Waals surface area contributed by atoms with Gasteiger partial charge in [-0.3, -0.25) is 0 Å². The second-order valence-electron chi connectivity index (χ2n) is 4.33. The van der Waals surface area contributed by atoms with E-state index in [-0.39, 0.29) is 0 Å². The summed E-state index contributed by atoms with van der Waals surface area (Å²) < 4.78 is 37.5. The van der Waals surface area contributed by atoms with Gasteiger partial charge in [-0.1, -0.05) is 49.6 Å². The van der Waals surface area contributed by atoms with Gasteiger partial charge in [0.05, 0.1) is 5.56 Å². The summed E-state index contributed by atoms with van der Waals surface area (Å²) in [4.78, 5) is 0. The van der Waals surface area contributed by atoms with Gasteiger partial charge < -0.3 is 0 Å². The van der Waals surface area contributed by atoms with Crippen LogP contribution in [0.25, 0.3) is 23.3 Å². The van der Waals surface area contributed by atoms with E-state index in [9.17, 15) is 13.2 Å². The van der Waals surface area contributed by atoms with E-state index in [0.717, 1.165) is 34.4 Å². The highest BCUT2D eigenvalue weighted by Gasteiger charge is 2.29. The van der Waals surface area contributed by atoms with Crippen LogP contribution >= 0.6 is 0 Å². The topological polar surface area (TPSA) is 0 Å². The quantitative estimate of drug-likeness (QED) is 0.677. The van der Waals surface area contributed by atoms with Crippen LogP contribution in [0, 0.1) is 0 Å². The normalized spacial score (nSPS) is 11.2. The molecule has 0 amide bonds. The minimum atomic E-state index is -4.31. The second-order valence-corrected chi connectivity index (χ2v) is 4.33. The number of hydrogen-bond donors (Lipinski definition) is 0. The van der Waals surface area contributed by atoms with Gasteiger partial charge in [0.2, 0.25) is 0 Å². The molecule has 0 aliphatic heterocycles. The molecule has 0 atom stereocenters. The van der Waals surface area contributed by atoms with Crippen LogP contribution in [0.5, 0.6) is 0 Å². The van der Waals surface area contributed by atoms with Crippen LogP contribution in [0.4, 0.5) is 13.2 Å². The van der Waals surface area contributed by atoms with Gasteiger partial charge >= 0.3 is 6.18 Å². The number of halogens is 3. The minimum absolute atomic E-state index is 0.645. The molecule has 0 heterocycles. The molecule has 102 valence electrons. The third-order valence-electron chi connectivity index (χ3n) is 3.07. The average molecular weight is 274 g/mol. The molecule has 0 aliphatic carbocycles. The molecular weight excluding hydrogens is 261 g/mol. The molecule has 0 radical (unpaired) electrons. The first-order valence-electron chi connectivity index (χ1n) is 6.02. The maximum absolute atomic E-state index is 12.5. The first-order valence-corrected chi connectivity index (χ1v) is 6.02. The third-order valence-corrected chi connectivity index (χ3v) is 3.07. The lowest BCUT2D eigenvalue weighted by Gasteiger charge is -2.09. The molecule has 0 unspecified atom stereocenters. The first kappa shape index (κ1) is 14.1. The van der Waals surface area contributed by atoms with Crippen LogP contribution in [0.3, 0.4) is 0 Å². The van der Waals surface area contributed by atoms with Crippen molar-refractivity contribution in [1.82, 2.24) is 0 Å². The third kappa shape index (κ3) is 2.82. The highest BCUT2D eigenvalue weighted by molar-refractivity contribution is 5.72. The van der Waals surface area contributed by atoms with E-state index in [1.54, 1.807) is 12.2 Å². The molecule has 0 saturated carbocycles. The van der Waals surface area contributed by atoms with Crippen LogP contribution in [0.2, 0.25) is 0 Å². The van der Waals surface area contributed by atoms with Crippen LogP contribution in [0.15, 0.2) is 55.6 Å². The summed E-state index contributed by atoms with van der Waals surface area (Å²) in [6.07, 6.45) is -0.893. The van der Waals surface area contributed by atoms with Crippen molar-refractivity contribution in [2.24, 2.45) is 0 Å². The predicted octanol–water partition coefficient (Wildman–Crippen LogP) is 5.66. The van der Waals surface area contributed by atoms with E-state index < -0.39 is 11.7 Å². The molecule has 0 fully saturated rings. The molecule has 0 spiro atoms. The number of benzene rings is 2. The zero-order chi connectivity index (χ0) is 14.8. The molecule has 0 N–H and O–H groups in total. The lowest BCUT2D eigenvalue weighted by atomic mass is 9.98. The Bertz CT molecular complexity index is 634. The van der Waals surface area contributed by atoms with Crippen molar-refractivity contribution in [3.8, 4) is 11.1 Å². The Hall–Kier alpha value is -2.29. The van der Waals surface area contributed by atoms with Gasteiger partial charge in [0, 0.05) is 0 Å². The van der Waals surface area contributed by atoms with Crippen molar-refractivity contribution in [2.75, 3.05) is 0 Å². The SMILES string of the molecule is C=Cc1ccc(-c2ccc(C(F)(F)F)cc2)cc1C=C. The fourth-order valence-electron chi connectivity index (χ4n) is 1.97. The van der Waals surface area contributed by atoms with Crippen molar-refractivity contribution in [1.29, 1.82) is 0 Å². The Kier molecular flexibility index (Phi) is 3.79. The lowest BCUT2D eigenvalue weighted by molar-refractivity contribution is -0.137. The van der Waals surface area contributed by atoms with Crippen molar-refractivity contribution in [2.45, 2.75) is 6.18 Å². The van der Waals surface area contributed by atoms with E-state index in [1.165, 1.54) is 12.1 Å². The van der Waals surface area contributed by atoms with Gasteiger partial charge in [0.25, 0.3) is 0 Å². The van der Waals surface area contributed by atoms with Gasteiger partial charge in [-0.15, -0.1) is 0 Å². The minimum Gasteiger partial charge on any atom is -0.166 e. The van der Waals surface area contributed by atoms with Crippen molar-refractivity contribution < 1.29 is 13.2 Å². The maximum atomic E-state index is 12.5. The summed E-state index contributed by atoms with van der Waals surface area (Å²) in [5.74, 6) is 0. The summed E-state index contributed by atoms with van der Waals surface area (Å²) in [5, 5.41) is 0. The van der Waals surface area contributed by atoms with Crippen LogP contribution in [0.1, 0.15) is 16.7 Å². The zero-order valence-electron chi connectivity index (χ0n) is 10.7. The first-order chi connectivity index (χ1) is 9.45. The summed E-state index contributed by atoms with van der Waals surface area (Å²) in [5.41, 5.74) is 2.77. The Morgan fingerprint density at radius 2 is 1.30 bits per heavy atom. The second kappa shape index (κ2) is 5.37. The standard InChI is InChI=1S/C17H13F3/c1-3-12-5-6-15(11-13(12)4-2)14-7-9-16(10-8-14)17(18,19)20/h3-11H,1-2H2. The molecule has 0 aliphatic rings. The van der Waals surface area contributed by atoms with E-state index in [0.29, 0.717) is 0 Å². The largest absolute Gasteiger partial charge is 0.416 e. The van der Waals surface area contributed by atoms with Gasteiger partial charge in [-0.05, 0) is 40.5 Å². The molecular formula is C17H13F3. The number of rotatable bonds is 3. The van der Waals surface area contributed by atoms with E-state index in [4.69, 9.17) is 0 Å². The Labute approximate surface area is 115 Å². The molecule has 0 bridgehead atoms. The van der Waals surface area contributed by atoms with Crippen LogP contribution < -0.4 is 0 Å². The molecule has 0 aromatic heterocycles. The monoisotopic (exact) mass is 274 g/mol. The number of alkyl halides is 3. The highest BCUT2D eigenvalue weighted by atomic mass is 19.4. The van der Waals surface area contributed by atoms with E-state index in [1.807, 2.05) is 18.2 Å². The Morgan fingerprint density at radius 3 is 1.80 bits per heavy atom. The molecule has 0 nitrogen and oxygen atoms in total. The van der Waals surface area contributed by atoms with Crippen LogP contribution in [-0.2, 0) is 6.18 Å². The van der Waals surface area contributed by atoms with Gasteiger partial charge in [-0.2, -0.15) is 13.2 Å². The molecule has 20 heavy (non-hydrogen) atoms. The Balaban J connectivity index is 2.42. The van der Waals surface area contributed by atoms with Crippen molar-refractivity contribution in [3.63, 3.8) is 0 Å². The van der Waals surface area contributed by atoms with Crippen molar-refractivity contribution >= 4 is 12.2 Å². The van der Waals surface area contributed by atoms with Crippen LogP contribution in [-0.4, -0.2) is 0 Å². The number of hydrogen-bond acceptors (Lipinski definition) is 0. The smallest absolute Gasteiger partial charge is 0.166 e. The maximum Gasteiger partial charge on any atom is 0.416 e. The van der Waals surface area contributed by atoms with E-state index in [2.05, 4.69) is 13.2 Å². The fourth-order valence-corrected chi connectivity index (χ4v) is 1.97. The summed E-state index contributed by atoms with van der Waals surface area (Å²) in [7, 11) is 0. The molecule has 2 aromatic carbocycles. The van der Waals surface area contributed by atoms with Gasteiger partial charge in [0.15, 0.2) is 0 Å². The zero-order valence-corrected chi connectivity index (χ0v) is 10.7. The summed E-state index contributed by atoms with van der Waals surface area (Å²) >= 11 is 0. The van der Waals surface area contributed by atoms with Gasteiger partial charge in [0.1, 0.15) is 0 Å². The summed E-state index contributed by atoms with van der Waals surface area (Å²) in [6, 6.07) is 10.7. The Morgan fingerprint density at radius 1 is 0.750 bits per heavy atom. The molecule has 2 rings (SSSR count). The predicted molar refractivity (Wildman–Crippen MR) is 77.1 cm³/mol. The lowest BCUT2D eigenvalue weighted by Crippen LogP contribution is -2.03. The molecule has 2 aromatic rings. The fraction of sp³-hybridized carbons (Fsp3) is 0.0588. The highest BCUT2D eigenvalue weighted by Crippen LogP contribution is 2.31.